The van der Waals surface area contributed by atoms with Crippen LogP contribution in [-0.4, -0.2) is 8.07 Å². The quantitative estimate of drug-likeness (QED) is 0.141. The molecule has 8 aromatic carbocycles. The molecule has 0 N–H and O–H groups in total. The summed E-state index contributed by atoms with van der Waals surface area (Å²) >= 11 is -5.42. The number of allylic oxidation sites excluding steroid dienone is 2. The molecular formula is C66H68O2SiZr. The average Bonchev–Trinajstić information content (AvgIpc) is 3.90. The van der Waals surface area contributed by atoms with Crippen LogP contribution in [-0.2, 0) is 44.8 Å². The molecule has 11 rings (SSSR count). The van der Waals surface area contributed by atoms with Crippen LogP contribution in [0, 0.1) is 13.8 Å². The molecule has 4 bridgehead atoms. The van der Waals surface area contributed by atoms with Crippen molar-refractivity contribution in [1.29, 1.82) is 0 Å². The van der Waals surface area contributed by atoms with Crippen molar-refractivity contribution in [2.24, 2.45) is 0 Å². The summed E-state index contributed by atoms with van der Waals surface area (Å²) in [6.07, 6.45) is 1.89. The third-order valence-electron chi connectivity index (χ3n) is 15.9. The van der Waals surface area contributed by atoms with E-state index < -0.39 is 29.2 Å². The van der Waals surface area contributed by atoms with Crippen LogP contribution >= 0.6 is 0 Å². The summed E-state index contributed by atoms with van der Waals surface area (Å²) in [5.74, 6) is 1.90. The number of hydrogen-bond donors (Lipinski definition) is 0. The second kappa shape index (κ2) is 17.1. The molecule has 2 atom stereocenters. The number of fused-ring (bicyclic) bond motifs is 10. The standard InChI is InChI=1S/C44H38Si.2C11H16O.Zr/c1-5-29-23-31-15-7-11-19-35(31)39(25-29)41-27-33-17-9-13-21-37(33)43(41)45(3,4)44-38-22-14-10-18-34(38)28-42(44)40-26-30(6-2)24-32-16-8-12-20-36(32)40;2*1-8-5-6-10(12)9(7-8)11(2,3)4;/h7-28H,5-6H2,1-4H3;2*5-7,12H,1-4H3;/q;;;+2/p-2. The van der Waals surface area contributed by atoms with Crippen LogP contribution in [0.15, 0.2) is 158 Å². The Kier molecular flexibility index (Phi) is 11.4. The molecule has 0 saturated heterocycles. The molecule has 0 radical (unpaired) electrons. The fourth-order valence-electron chi connectivity index (χ4n) is 12.7. The van der Waals surface area contributed by atoms with Gasteiger partial charge < -0.3 is 0 Å². The van der Waals surface area contributed by atoms with E-state index in [1.807, 2.05) is 0 Å². The van der Waals surface area contributed by atoms with Crippen LogP contribution in [0.5, 0.6) is 11.5 Å². The topological polar surface area (TPSA) is 18.5 Å². The summed E-state index contributed by atoms with van der Waals surface area (Å²) < 4.78 is 17.3. The van der Waals surface area contributed by atoms with Gasteiger partial charge in [0, 0.05) is 0 Å². The molecule has 0 spiro atoms. The number of benzene rings is 8. The van der Waals surface area contributed by atoms with Gasteiger partial charge in [-0.2, -0.15) is 0 Å². The Balaban J connectivity index is 1.41. The van der Waals surface area contributed by atoms with E-state index >= 15 is 0 Å². The van der Waals surface area contributed by atoms with Crippen LogP contribution in [0.25, 0.3) is 43.1 Å². The number of hydrogen-bond acceptors (Lipinski definition) is 2. The first-order valence-electron chi connectivity index (χ1n) is 25.8. The Morgan fingerprint density at radius 2 is 0.843 bits per heavy atom. The predicted molar refractivity (Wildman–Crippen MR) is 297 cm³/mol. The van der Waals surface area contributed by atoms with Crippen molar-refractivity contribution in [3.8, 4) is 11.5 Å². The Morgan fingerprint density at radius 3 is 1.24 bits per heavy atom. The maximum atomic E-state index is 8.81. The van der Waals surface area contributed by atoms with Gasteiger partial charge in [0.2, 0.25) is 0 Å². The fourth-order valence-corrected chi connectivity index (χ4v) is 28.9. The molecule has 0 aromatic heterocycles. The van der Waals surface area contributed by atoms with Crippen LogP contribution in [0.3, 0.4) is 0 Å². The second-order valence-electron chi connectivity index (χ2n) is 23.1. The SMILES string of the molecule is CCc1cc(C2=C3c4ccccc4[CH]2[Zr]([O]c2ccc(C)cc2C(C)(C)C)([O]c2ccc(C)cc2C(C)(C)C)[CH]2C(c4cc(CC)cc5ccccc45)=C(c4ccccc42)[Si]3(C)C)c2ccccc2c1. The van der Waals surface area contributed by atoms with Gasteiger partial charge in [0.05, 0.1) is 0 Å². The summed E-state index contributed by atoms with van der Waals surface area (Å²) in [4.78, 5) is 0. The van der Waals surface area contributed by atoms with Gasteiger partial charge in [0.25, 0.3) is 0 Å². The molecule has 1 heterocycles. The van der Waals surface area contributed by atoms with Crippen LogP contribution in [0.2, 0.25) is 13.1 Å². The fraction of sp³-hybridized carbons (Fsp3) is 0.273. The zero-order valence-corrected chi connectivity index (χ0v) is 46.9. The Labute approximate surface area is 424 Å². The van der Waals surface area contributed by atoms with Crippen molar-refractivity contribution >= 4 is 51.2 Å². The summed E-state index contributed by atoms with van der Waals surface area (Å²) in [5, 5.41) is 8.22. The zero-order chi connectivity index (χ0) is 49.1. The minimum atomic E-state index is -5.42. The van der Waals surface area contributed by atoms with Crippen molar-refractivity contribution in [1.82, 2.24) is 0 Å². The van der Waals surface area contributed by atoms with E-state index in [0.29, 0.717) is 0 Å². The Morgan fingerprint density at radius 1 is 0.457 bits per heavy atom. The van der Waals surface area contributed by atoms with Crippen molar-refractivity contribution in [3.05, 3.63) is 224 Å². The summed E-state index contributed by atoms with van der Waals surface area (Å²) in [5.41, 5.74) is 18.2. The molecule has 1 aliphatic heterocycles. The first-order valence-corrected chi connectivity index (χ1v) is 33.6. The molecule has 3 aliphatic rings. The minimum absolute atomic E-state index is 0.167. The average molecular weight is 1010 g/mol. The molecule has 0 saturated carbocycles. The van der Waals surface area contributed by atoms with E-state index in [1.165, 1.54) is 110 Å². The number of aryl methyl sites for hydroxylation is 4. The maximum absolute atomic E-state index is 8.81. The molecule has 0 fully saturated rings. The normalized spacial score (nSPS) is 17.9. The van der Waals surface area contributed by atoms with Gasteiger partial charge >= 0.3 is 427 Å². The molecule has 0 amide bonds. The third-order valence-corrected chi connectivity index (χ3v) is 29.0. The number of rotatable bonds is 8. The molecule has 4 heteroatoms. The van der Waals surface area contributed by atoms with E-state index in [1.54, 1.807) is 0 Å². The van der Waals surface area contributed by atoms with E-state index in [2.05, 4.69) is 240 Å². The molecule has 352 valence electrons. The first kappa shape index (κ1) is 46.8. The Bertz CT molecular complexity index is 3270. The summed E-state index contributed by atoms with van der Waals surface area (Å²) in [6, 6.07) is 61.1. The molecule has 8 aromatic rings. The van der Waals surface area contributed by atoms with Crippen LogP contribution in [0.4, 0.5) is 0 Å². The van der Waals surface area contributed by atoms with Crippen LogP contribution < -0.4 is 5.63 Å². The van der Waals surface area contributed by atoms with Gasteiger partial charge in [0.15, 0.2) is 0 Å². The molecular weight excluding hydrogens is 944 g/mol. The van der Waals surface area contributed by atoms with Crippen molar-refractivity contribution < 1.29 is 26.8 Å². The molecule has 2 unspecified atom stereocenters. The van der Waals surface area contributed by atoms with Crippen molar-refractivity contribution in [3.63, 3.8) is 0 Å². The monoisotopic (exact) mass is 1010 g/mol. The summed E-state index contributed by atoms with van der Waals surface area (Å²) in [7, 11) is -2.73. The second-order valence-corrected chi connectivity index (χ2v) is 34.7. The third kappa shape index (κ3) is 7.41. The van der Waals surface area contributed by atoms with Gasteiger partial charge in [-0.15, -0.1) is 0 Å². The predicted octanol–water partition coefficient (Wildman–Crippen LogP) is 17.9. The van der Waals surface area contributed by atoms with E-state index in [9.17, 15) is 0 Å². The molecule has 70 heavy (non-hydrogen) atoms. The van der Waals surface area contributed by atoms with Gasteiger partial charge in [-0.25, -0.2) is 0 Å². The van der Waals surface area contributed by atoms with Crippen molar-refractivity contribution in [2.45, 2.75) is 113 Å². The summed E-state index contributed by atoms with van der Waals surface area (Å²) in [6.45, 7) is 28.5. The van der Waals surface area contributed by atoms with Gasteiger partial charge in [-0.1, -0.05) is 0 Å². The van der Waals surface area contributed by atoms with Crippen molar-refractivity contribution in [2.75, 3.05) is 0 Å². The van der Waals surface area contributed by atoms with Crippen LogP contribution in [0.1, 0.15) is 129 Å². The zero-order valence-electron chi connectivity index (χ0n) is 43.4. The van der Waals surface area contributed by atoms with E-state index in [0.717, 1.165) is 24.3 Å². The van der Waals surface area contributed by atoms with E-state index in [4.69, 9.17) is 5.63 Å². The molecule has 2 aliphatic carbocycles. The first-order chi connectivity index (χ1) is 33.4. The van der Waals surface area contributed by atoms with Gasteiger partial charge in [-0.05, 0) is 0 Å². The van der Waals surface area contributed by atoms with Gasteiger partial charge in [-0.3, -0.25) is 0 Å². The Hall–Kier alpha value is -5.54. The van der Waals surface area contributed by atoms with E-state index in [-0.39, 0.29) is 18.1 Å². The molecule has 2 nitrogen and oxygen atoms in total. The van der Waals surface area contributed by atoms with Gasteiger partial charge in [0.1, 0.15) is 0 Å².